The van der Waals surface area contributed by atoms with Gasteiger partial charge in [0.15, 0.2) is 0 Å². The van der Waals surface area contributed by atoms with Gasteiger partial charge >= 0.3 is 17.9 Å². The molecule has 0 amide bonds. The van der Waals surface area contributed by atoms with Crippen molar-refractivity contribution < 1.29 is 28.6 Å². The maximum atomic E-state index is 12.1. The van der Waals surface area contributed by atoms with Crippen LogP contribution >= 0.6 is 0 Å². The number of carbonyl (C=O) groups excluding carboxylic acids is 3. The normalized spacial score (nSPS) is 45.8. The molecular weight excluding hydrogens is 324 g/mol. The molecule has 0 bridgehead atoms. The van der Waals surface area contributed by atoms with Crippen molar-refractivity contribution >= 4 is 17.9 Å². The second-order valence-electron chi connectivity index (χ2n) is 8.35. The van der Waals surface area contributed by atoms with Gasteiger partial charge in [0.1, 0.15) is 18.3 Å². The van der Waals surface area contributed by atoms with Crippen molar-refractivity contribution in [2.45, 2.75) is 72.2 Å². The monoisotopic (exact) mass is 352 g/mol. The predicted molar refractivity (Wildman–Crippen MR) is 88.3 cm³/mol. The molecule has 1 aliphatic heterocycles. The molecule has 0 aromatic carbocycles. The molecule has 0 radical (unpaired) electrons. The minimum atomic E-state index is -0.393. The molecule has 3 fully saturated rings. The van der Waals surface area contributed by atoms with Crippen LogP contribution in [0.4, 0.5) is 0 Å². The Balaban J connectivity index is 1.97. The van der Waals surface area contributed by atoms with Crippen LogP contribution in [0.25, 0.3) is 0 Å². The third-order valence-electron chi connectivity index (χ3n) is 6.62. The molecule has 1 saturated heterocycles. The maximum Gasteiger partial charge on any atom is 0.309 e. The average molecular weight is 352 g/mol. The third kappa shape index (κ3) is 3.04. The molecule has 1 unspecified atom stereocenters. The van der Waals surface area contributed by atoms with Gasteiger partial charge in [-0.05, 0) is 30.6 Å². The second-order valence-corrected chi connectivity index (χ2v) is 8.35. The standard InChI is InChI=1S/C19H28O6/c1-9-13(23-11(3)20)6-7-19(5)8-14-15(10(2)18(22)25-14)17(16(9)19)24-12(4)21/h9-10,13-17H,6-8H2,1-5H3/t9-,10+,13-,14-,15?,16+,17-,19+/m0/s1. The summed E-state index contributed by atoms with van der Waals surface area (Å²) in [5, 5.41) is 0. The van der Waals surface area contributed by atoms with Crippen molar-refractivity contribution in [1.82, 2.24) is 0 Å². The maximum absolute atomic E-state index is 12.1. The smallest absolute Gasteiger partial charge is 0.309 e. The molecule has 0 spiro atoms. The molecule has 25 heavy (non-hydrogen) atoms. The highest BCUT2D eigenvalue weighted by atomic mass is 16.6. The van der Waals surface area contributed by atoms with Crippen LogP contribution in [0.15, 0.2) is 0 Å². The highest BCUT2D eigenvalue weighted by Gasteiger charge is 2.62. The SMILES string of the molecule is CC(=O)O[C@H]1CC[C@]2(C)C[C@@H]3OC(=O)[C@H](C)C3[C@H](OC(C)=O)[C@H]2[C@H]1C. The Kier molecular flexibility index (Phi) is 4.58. The van der Waals surface area contributed by atoms with Crippen LogP contribution in [0.5, 0.6) is 0 Å². The summed E-state index contributed by atoms with van der Waals surface area (Å²) in [6.07, 6.45) is 1.63. The molecule has 3 rings (SSSR count). The van der Waals surface area contributed by atoms with Gasteiger partial charge in [0.25, 0.3) is 0 Å². The summed E-state index contributed by atoms with van der Waals surface area (Å²) in [6.45, 7) is 8.92. The molecule has 1 heterocycles. The number of ether oxygens (including phenoxy) is 3. The summed E-state index contributed by atoms with van der Waals surface area (Å²) in [5.41, 5.74) is -0.109. The van der Waals surface area contributed by atoms with E-state index in [4.69, 9.17) is 14.2 Å². The first-order valence-electron chi connectivity index (χ1n) is 9.19. The van der Waals surface area contributed by atoms with Crippen molar-refractivity contribution in [2.75, 3.05) is 0 Å². The van der Waals surface area contributed by atoms with Crippen LogP contribution in [0, 0.1) is 29.1 Å². The summed E-state index contributed by atoms with van der Waals surface area (Å²) >= 11 is 0. The van der Waals surface area contributed by atoms with E-state index in [2.05, 4.69) is 13.8 Å². The van der Waals surface area contributed by atoms with Gasteiger partial charge in [-0.1, -0.05) is 20.8 Å². The van der Waals surface area contributed by atoms with Crippen LogP contribution in [0.1, 0.15) is 53.9 Å². The molecule has 8 atom stereocenters. The second kappa shape index (κ2) is 6.29. The first kappa shape index (κ1) is 18.2. The van der Waals surface area contributed by atoms with Gasteiger partial charge in [0, 0.05) is 25.7 Å². The highest BCUT2D eigenvalue weighted by molar-refractivity contribution is 5.75. The fourth-order valence-electron chi connectivity index (χ4n) is 5.61. The zero-order chi connectivity index (χ0) is 18.5. The number of hydrogen-bond acceptors (Lipinski definition) is 6. The first-order chi connectivity index (χ1) is 11.6. The lowest BCUT2D eigenvalue weighted by Crippen LogP contribution is -2.59. The molecular formula is C19H28O6. The predicted octanol–water partition coefficient (Wildman–Crippen LogP) is 2.48. The zero-order valence-electron chi connectivity index (χ0n) is 15.6. The quantitative estimate of drug-likeness (QED) is 0.561. The zero-order valence-corrected chi connectivity index (χ0v) is 15.6. The van der Waals surface area contributed by atoms with Gasteiger partial charge in [0.05, 0.1) is 5.92 Å². The average Bonchev–Trinajstić information content (AvgIpc) is 2.75. The van der Waals surface area contributed by atoms with Crippen LogP contribution in [0.3, 0.4) is 0 Å². The van der Waals surface area contributed by atoms with E-state index >= 15 is 0 Å². The lowest BCUT2D eigenvalue weighted by molar-refractivity contribution is -0.198. The Morgan fingerprint density at radius 1 is 1.16 bits per heavy atom. The Hall–Kier alpha value is -1.59. The Morgan fingerprint density at radius 2 is 1.80 bits per heavy atom. The minimum Gasteiger partial charge on any atom is -0.462 e. The van der Waals surface area contributed by atoms with Gasteiger partial charge in [-0.25, -0.2) is 0 Å². The van der Waals surface area contributed by atoms with E-state index in [1.54, 1.807) is 0 Å². The lowest BCUT2D eigenvalue weighted by Gasteiger charge is -2.56. The van der Waals surface area contributed by atoms with Crippen LogP contribution in [-0.2, 0) is 28.6 Å². The van der Waals surface area contributed by atoms with Crippen LogP contribution in [0.2, 0.25) is 0 Å². The topological polar surface area (TPSA) is 78.9 Å². The Morgan fingerprint density at radius 3 is 2.40 bits per heavy atom. The number of fused-ring (bicyclic) bond motifs is 2. The summed E-state index contributed by atoms with van der Waals surface area (Å²) < 4.78 is 16.9. The van der Waals surface area contributed by atoms with E-state index in [9.17, 15) is 14.4 Å². The van der Waals surface area contributed by atoms with E-state index in [0.717, 1.165) is 19.3 Å². The summed E-state index contributed by atoms with van der Waals surface area (Å²) in [7, 11) is 0. The van der Waals surface area contributed by atoms with E-state index in [1.165, 1.54) is 13.8 Å². The highest BCUT2D eigenvalue weighted by Crippen LogP contribution is 2.58. The van der Waals surface area contributed by atoms with Crippen LogP contribution in [-0.4, -0.2) is 36.2 Å². The van der Waals surface area contributed by atoms with E-state index in [0.29, 0.717) is 0 Å². The molecule has 140 valence electrons. The fourth-order valence-corrected chi connectivity index (χ4v) is 5.61. The molecule has 0 N–H and O–H groups in total. The molecule has 3 aliphatic rings. The van der Waals surface area contributed by atoms with E-state index in [1.807, 2.05) is 6.92 Å². The third-order valence-corrected chi connectivity index (χ3v) is 6.62. The number of esters is 3. The van der Waals surface area contributed by atoms with Gasteiger partial charge < -0.3 is 14.2 Å². The Labute approximate surface area is 148 Å². The van der Waals surface area contributed by atoms with Gasteiger partial charge in [-0.2, -0.15) is 0 Å². The number of carbonyl (C=O) groups is 3. The Bertz CT molecular complexity index is 586. The van der Waals surface area contributed by atoms with Crippen molar-refractivity contribution in [3.63, 3.8) is 0 Å². The summed E-state index contributed by atoms with van der Waals surface area (Å²) in [4.78, 5) is 35.4. The molecule has 0 aromatic rings. The summed E-state index contributed by atoms with van der Waals surface area (Å²) in [5.74, 6) is -1.18. The van der Waals surface area contributed by atoms with E-state index < -0.39 is 6.10 Å². The lowest BCUT2D eigenvalue weighted by atomic mass is 9.51. The van der Waals surface area contributed by atoms with Gasteiger partial charge in [0.2, 0.25) is 0 Å². The first-order valence-corrected chi connectivity index (χ1v) is 9.19. The number of hydrogen-bond donors (Lipinski definition) is 0. The minimum absolute atomic E-state index is 0.0349. The molecule has 6 heteroatoms. The van der Waals surface area contributed by atoms with Crippen molar-refractivity contribution in [3.05, 3.63) is 0 Å². The molecule has 2 aliphatic carbocycles. The van der Waals surface area contributed by atoms with Crippen molar-refractivity contribution in [2.24, 2.45) is 29.1 Å². The molecule has 6 nitrogen and oxygen atoms in total. The van der Waals surface area contributed by atoms with Gasteiger partial charge in [-0.15, -0.1) is 0 Å². The van der Waals surface area contributed by atoms with Crippen LogP contribution < -0.4 is 0 Å². The van der Waals surface area contributed by atoms with E-state index in [-0.39, 0.29) is 59.2 Å². The van der Waals surface area contributed by atoms with Crippen molar-refractivity contribution in [1.29, 1.82) is 0 Å². The fraction of sp³-hybridized carbons (Fsp3) is 0.842. The van der Waals surface area contributed by atoms with Crippen molar-refractivity contribution in [3.8, 4) is 0 Å². The van der Waals surface area contributed by atoms with Gasteiger partial charge in [-0.3, -0.25) is 14.4 Å². The molecule has 2 saturated carbocycles. The molecule has 0 aromatic heterocycles. The summed E-state index contributed by atoms with van der Waals surface area (Å²) in [6, 6.07) is 0. The largest absolute Gasteiger partial charge is 0.462 e. The number of rotatable bonds is 2.